The number of hydrogen-bond donors (Lipinski definition) is 2. The van der Waals surface area contributed by atoms with Gasteiger partial charge in [-0.15, -0.1) is 0 Å². The van der Waals surface area contributed by atoms with E-state index in [-0.39, 0.29) is 16.8 Å². The topological polar surface area (TPSA) is 70.4 Å². The fraction of sp³-hybridized carbons (Fsp3) is 0.0588. The smallest absolute Gasteiger partial charge is 0.336 e. The first kappa shape index (κ1) is 14.0. The molecule has 0 spiro atoms. The Morgan fingerprint density at radius 3 is 2.45 bits per heavy atom. The van der Waals surface area contributed by atoms with Gasteiger partial charge in [0.15, 0.2) is 0 Å². The maximum atomic E-state index is 13.4. The van der Waals surface area contributed by atoms with E-state index in [0.29, 0.717) is 22.2 Å². The van der Waals surface area contributed by atoms with Crippen LogP contribution in [0.1, 0.15) is 15.9 Å². The number of nitrogens with zero attached hydrogens (tertiary/aromatic N) is 1. The summed E-state index contributed by atoms with van der Waals surface area (Å²) in [6, 6.07) is 10.1. The van der Waals surface area contributed by atoms with Gasteiger partial charge in [0, 0.05) is 17.0 Å². The molecule has 3 rings (SSSR count). The Kier molecular flexibility index (Phi) is 3.25. The molecule has 2 aromatic carbocycles. The Bertz CT molecular complexity index is 889. The highest BCUT2D eigenvalue weighted by Crippen LogP contribution is 2.30. The third-order valence-corrected chi connectivity index (χ3v) is 3.55. The van der Waals surface area contributed by atoms with E-state index in [2.05, 4.69) is 4.98 Å². The van der Waals surface area contributed by atoms with E-state index in [1.165, 1.54) is 30.3 Å². The van der Waals surface area contributed by atoms with Crippen LogP contribution in [0.3, 0.4) is 0 Å². The zero-order valence-electron chi connectivity index (χ0n) is 11.7. The number of aromatic nitrogens is 1. The molecule has 0 atom stereocenters. The second kappa shape index (κ2) is 5.11. The third kappa shape index (κ3) is 2.26. The van der Waals surface area contributed by atoms with Gasteiger partial charge in [-0.2, -0.15) is 0 Å². The molecule has 0 aliphatic rings. The number of phenols is 1. The number of aromatic carboxylic acids is 1. The van der Waals surface area contributed by atoms with Gasteiger partial charge in [-0.05, 0) is 48.9 Å². The molecule has 0 aliphatic heterocycles. The van der Waals surface area contributed by atoms with Crippen molar-refractivity contribution in [1.82, 2.24) is 4.98 Å². The van der Waals surface area contributed by atoms with Crippen LogP contribution in [-0.4, -0.2) is 21.2 Å². The fourth-order valence-corrected chi connectivity index (χ4v) is 2.51. The number of pyridine rings is 1. The summed E-state index contributed by atoms with van der Waals surface area (Å²) in [5.41, 5.74) is 2.00. The summed E-state index contributed by atoms with van der Waals surface area (Å²) in [6.45, 7) is 1.67. The lowest BCUT2D eigenvalue weighted by Gasteiger charge is -2.12. The summed E-state index contributed by atoms with van der Waals surface area (Å²) in [4.78, 5) is 16.0. The normalized spacial score (nSPS) is 10.8. The number of carboxylic acids is 1. The van der Waals surface area contributed by atoms with Crippen LogP contribution in [0.15, 0.2) is 42.5 Å². The summed E-state index contributed by atoms with van der Waals surface area (Å²) in [5, 5.41) is 19.2. The minimum atomic E-state index is -1.09. The lowest BCUT2D eigenvalue weighted by molar-refractivity contribution is 0.0698. The second-order valence-corrected chi connectivity index (χ2v) is 4.97. The van der Waals surface area contributed by atoms with Crippen molar-refractivity contribution < 1.29 is 19.4 Å². The van der Waals surface area contributed by atoms with Gasteiger partial charge >= 0.3 is 5.97 Å². The quantitative estimate of drug-likeness (QED) is 0.755. The third-order valence-electron chi connectivity index (χ3n) is 3.55. The molecule has 0 unspecified atom stereocenters. The number of aromatic hydroxyl groups is 1. The van der Waals surface area contributed by atoms with Gasteiger partial charge in [-0.25, -0.2) is 14.2 Å². The molecule has 4 nitrogen and oxygen atoms in total. The molecule has 5 heteroatoms. The van der Waals surface area contributed by atoms with Gasteiger partial charge < -0.3 is 10.2 Å². The molecule has 0 radical (unpaired) electrons. The number of hydrogen-bond acceptors (Lipinski definition) is 3. The molecule has 0 amide bonds. The zero-order chi connectivity index (χ0) is 15.9. The highest BCUT2D eigenvalue weighted by molar-refractivity contribution is 6.05. The van der Waals surface area contributed by atoms with Crippen LogP contribution >= 0.6 is 0 Å². The Balaban J connectivity index is 2.37. The molecular weight excluding hydrogens is 285 g/mol. The number of fused-ring (bicyclic) bond motifs is 1. The Labute approximate surface area is 125 Å². The summed E-state index contributed by atoms with van der Waals surface area (Å²) >= 11 is 0. The van der Waals surface area contributed by atoms with Crippen molar-refractivity contribution >= 4 is 16.9 Å². The maximum absolute atomic E-state index is 13.4. The van der Waals surface area contributed by atoms with Crippen molar-refractivity contribution in [2.24, 2.45) is 0 Å². The van der Waals surface area contributed by atoms with Crippen molar-refractivity contribution in [3.63, 3.8) is 0 Å². The minimum absolute atomic E-state index is 0.103. The average molecular weight is 297 g/mol. The molecule has 0 aliphatic carbocycles. The van der Waals surface area contributed by atoms with Gasteiger partial charge in [0.25, 0.3) is 0 Å². The number of benzene rings is 2. The van der Waals surface area contributed by atoms with Crippen LogP contribution < -0.4 is 0 Å². The zero-order valence-corrected chi connectivity index (χ0v) is 11.7. The molecular formula is C17H12FNO3. The highest BCUT2D eigenvalue weighted by atomic mass is 19.1. The molecule has 0 bridgehead atoms. The maximum Gasteiger partial charge on any atom is 0.336 e. The summed E-state index contributed by atoms with van der Waals surface area (Å²) in [7, 11) is 0. The standard InChI is InChI=1S/C17H12FNO3/c1-9-15(17(21)22)13-7-4-11(18)8-14(13)19-16(9)10-2-5-12(20)6-3-10/h2-8,20H,1H3,(H,21,22). The second-order valence-electron chi connectivity index (χ2n) is 4.97. The molecule has 110 valence electrons. The molecule has 0 saturated carbocycles. The number of rotatable bonds is 2. The van der Waals surface area contributed by atoms with Crippen molar-refractivity contribution in [3.05, 3.63) is 59.4 Å². The Hall–Kier alpha value is -2.95. The number of phenolic OH excluding ortho intramolecular Hbond substituents is 1. The largest absolute Gasteiger partial charge is 0.508 e. The van der Waals surface area contributed by atoms with E-state index in [9.17, 15) is 19.4 Å². The van der Waals surface area contributed by atoms with Crippen molar-refractivity contribution in [2.45, 2.75) is 6.92 Å². The van der Waals surface area contributed by atoms with Crippen LogP contribution in [0, 0.1) is 12.7 Å². The van der Waals surface area contributed by atoms with E-state index < -0.39 is 11.8 Å². The van der Waals surface area contributed by atoms with E-state index >= 15 is 0 Å². The van der Waals surface area contributed by atoms with Crippen LogP contribution in [0.4, 0.5) is 4.39 Å². The lowest BCUT2D eigenvalue weighted by Crippen LogP contribution is -2.05. The summed E-state index contributed by atoms with van der Waals surface area (Å²) < 4.78 is 13.4. The van der Waals surface area contributed by atoms with E-state index in [1.807, 2.05) is 0 Å². The first-order chi connectivity index (χ1) is 10.5. The van der Waals surface area contributed by atoms with Crippen molar-refractivity contribution in [1.29, 1.82) is 0 Å². The predicted octanol–water partition coefficient (Wildman–Crippen LogP) is 3.75. The van der Waals surface area contributed by atoms with Crippen LogP contribution in [-0.2, 0) is 0 Å². The van der Waals surface area contributed by atoms with Gasteiger partial charge in [0.05, 0.1) is 16.8 Å². The molecule has 2 N–H and O–H groups in total. The molecule has 1 heterocycles. The molecule has 1 aromatic heterocycles. The fourth-order valence-electron chi connectivity index (χ4n) is 2.51. The molecule has 3 aromatic rings. The minimum Gasteiger partial charge on any atom is -0.508 e. The van der Waals surface area contributed by atoms with E-state index in [1.54, 1.807) is 19.1 Å². The number of halogens is 1. The first-order valence-corrected chi connectivity index (χ1v) is 6.60. The monoisotopic (exact) mass is 297 g/mol. The van der Waals surface area contributed by atoms with Gasteiger partial charge in [0.1, 0.15) is 11.6 Å². The van der Waals surface area contributed by atoms with Gasteiger partial charge in [0.2, 0.25) is 0 Å². The molecule has 0 saturated heterocycles. The van der Waals surface area contributed by atoms with Gasteiger partial charge in [-0.1, -0.05) is 0 Å². The number of carboxylic acid groups (broad SMARTS) is 1. The van der Waals surface area contributed by atoms with Crippen molar-refractivity contribution in [3.8, 4) is 17.0 Å². The summed E-state index contributed by atoms with van der Waals surface area (Å²) in [5.74, 6) is -1.46. The van der Waals surface area contributed by atoms with Crippen LogP contribution in [0.2, 0.25) is 0 Å². The van der Waals surface area contributed by atoms with Gasteiger partial charge in [-0.3, -0.25) is 0 Å². The Morgan fingerprint density at radius 1 is 1.14 bits per heavy atom. The molecule has 0 fully saturated rings. The van der Waals surface area contributed by atoms with Crippen molar-refractivity contribution in [2.75, 3.05) is 0 Å². The van der Waals surface area contributed by atoms with E-state index in [0.717, 1.165) is 0 Å². The highest BCUT2D eigenvalue weighted by Gasteiger charge is 2.18. The Morgan fingerprint density at radius 2 is 1.82 bits per heavy atom. The van der Waals surface area contributed by atoms with Crippen LogP contribution in [0.5, 0.6) is 5.75 Å². The first-order valence-electron chi connectivity index (χ1n) is 6.60. The molecule has 22 heavy (non-hydrogen) atoms. The predicted molar refractivity (Wildman–Crippen MR) is 80.5 cm³/mol. The lowest BCUT2D eigenvalue weighted by atomic mass is 9.98. The van der Waals surface area contributed by atoms with Crippen LogP contribution in [0.25, 0.3) is 22.2 Å². The SMILES string of the molecule is Cc1c(-c2ccc(O)cc2)nc2cc(F)ccc2c1C(=O)O. The summed E-state index contributed by atoms with van der Waals surface area (Å²) in [6.07, 6.45) is 0. The number of carbonyl (C=O) groups is 1. The van der Waals surface area contributed by atoms with E-state index in [4.69, 9.17) is 0 Å². The average Bonchev–Trinajstić information content (AvgIpc) is 2.47.